The number of anilines is 1. The van der Waals surface area contributed by atoms with Crippen molar-refractivity contribution < 1.29 is 19.2 Å². The molecular formula is C10H11BFNO3. The summed E-state index contributed by atoms with van der Waals surface area (Å²) in [4.78, 5) is 11.4. The Hall–Kier alpha value is -1.40. The molecule has 0 unspecified atom stereocenters. The standard InChI is InChI=1S/C10H11BFNO3/c12-9-4-3-7(5-8(9)11(15)16)13-10(14)6-1-2-6/h3-6,15-16H,1-2H2,(H,13,14). The predicted molar refractivity (Wildman–Crippen MR) is 57.6 cm³/mol. The van der Waals surface area contributed by atoms with Gasteiger partial charge in [0.15, 0.2) is 0 Å². The van der Waals surface area contributed by atoms with E-state index in [0.717, 1.165) is 18.9 Å². The molecule has 4 nitrogen and oxygen atoms in total. The molecule has 1 aromatic rings. The van der Waals surface area contributed by atoms with Crippen LogP contribution in [0.3, 0.4) is 0 Å². The normalized spacial score (nSPS) is 14.7. The fraction of sp³-hybridized carbons (Fsp3) is 0.300. The van der Waals surface area contributed by atoms with Crippen LogP contribution in [0, 0.1) is 11.7 Å². The van der Waals surface area contributed by atoms with Gasteiger partial charge < -0.3 is 15.4 Å². The smallest absolute Gasteiger partial charge is 0.423 e. The summed E-state index contributed by atoms with van der Waals surface area (Å²) in [7, 11) is -1.88. The maximum atomic E-state index is 13.1. The lowest BCUT2D eigenvalue weighted by molar-refractivity contribution is -0.117. The molecule has 16 heavy (non-hydrogen) atoms. The lowest BCUT2D eigenvalue weighted by atomic mass is 9.79. The van der Waals surface area contributed by atoms with Crippen LogP contribution in [0.2, 0.25) is 0 Å². The molecule has 0 bridgehead atoms. The number of carbonyl (C=O) groups is 1. The highest BCUT2D eigenvalue weighted by Crippen LogP contribution is 2.30. The van der Waals surface area contributed by atoms with E-state index < -0.39 is 12.9 Å². The Bertz CT molecular complexity index is 421. The zero-order valence-electron chi connectivity index (χ0n) is 8.48. The van der Waals surface area contributed by atoms with Gasteiger partial charge in [0.2, 0.25) is 5.91 Å². The van der Waals surface area contributed by atoms with Gasteiger partial charge in [-0.1, -0.05) is 0 Å². The van der Waals surface area contributed by atoms with E-state index in [1.807, 2.05) is 0 Å². The Labute approximate surface area is 92.2 Å². The Morgan fingerprint density at radius 1 is 1.44 bits per heavy atom. The fourth-order valence-corrected chi connectivity index (χ4v) is 1.41. The fourth-order valence-electron chi connectivity index (χ4n) is 1.41. The number of amides is 1. The van der Waals surface area contributed by atoms with Crippen molar-refractivity contribution in [3.8, 4) is 0 Å². The Morgan fingerprint density at radius 2 is 2.12 bits per heavy atom. The largest absolute Gasteiger partial charge is 0.491 e. The monoisotopic (exact) mass is 223 g/mol. The quantitative estimate of drug-likeness (QED) is 0.624. The highest BCUT2D eigenvalue weighted by molar-refractivity contribution is 6.58. The number of nitrogens with one attached hydrogen (secondary N) is 1. The van der Waals surface area contributed by atoms with Crippen LogP contribution in [0.4, 0.5) is 10.1 Å². The minimum Gasteiger partial charge on any atom is -0.423 e. The van der Waals surface area contributed by atoms with Crippen LogP contribution >= 0.6 is 0 Å². The highest BCUT2D eigenvalue weighted by atomic mass is 19.1. The zero-order chi connectivity index (χ0) is 11.7. The third kappa shape index (κ3) is 2.40. The molecule has 2 rings (SSSR count). The Kier molecular flexibility index (Phi) is 2.94. The van der Waals surface area contributed by atoms with Crippen molar-refractivity contribution in [1.29, 1.82) is 0 Å². The summed E-state index contributed by atoms with van der Waals surface area (Å²) in [6.45, 7) is 0. The van der Waals surface area contributed by atoms with Crippen molar-refractivity contribution in [2.45, 2.75) is 12.8 Å². The lowest BCUT2D eigenvalue weighted by Crippen LogP contribution is -2.33. The van der Waals surface area contributed by atoms with E-state index >= 15 is 0 Å². The van der Waals surface area contributed by atoms with Gasteiger partial charge in [-0.25, -0.2) is 4.39 Å². The van der Waals surface area contributed by atoms with Crippen LogP contribution in [-0.4, -0.2) is 23.1 Å². The molecule has 0 atom stereocenters. The van der Waals surface area contributed by atoms with Gasteiger partial charge in [0.05, 0.1) is 0 Å². The first kappa shape index (κ1) is 11.1. The second-order valence-corrected chi connectivity index (χ2v) is 3.87. The first-order valence-corrected chi connectivity index (χ1v) is 5.04. The van der Waals surface area contributed by atoms with E-state index in [0.29, 0.717) is 5.69 Å². The number of hydrogen-bond acceptors (Lipinski definition) is 3. The van der Waals surface area contributed by atoms with E-state index in [1.165, 1.54) is 12.1 Å². The number of carbonyl (C=O) groups excluding carboxylic acids is 1. The SMILES string of the molecule is O=C(Nc1ccc(F)c(B(O)O)c1)C1CC1. The van der Waals surface area contributed by atoms with Crippen LogP contribution in [0.1, 0.15) is 12.8 Å². The van der Waals surface area contributed by atoms with Gasteiger partial charge in [-0.2, -0.15) is 0 Å². The van der Waals surface area contributed by atoms with Crippen LogP contribution in [-0.2, 0) is 4.79 Å². The molecule has 84 valence electrons. The minimum atomic E-state index is -1.88. The zero-order valence-corrected chi connectivity index (χ0v) is 8.48. The van der Waals surface area contributed by atoms with Gasteiger partial charge in [-0.15, -0.1) is 0 Å². The summed E-state index contributed by atoms with van der Waals surface area (Å²) in [5, 5.41) is 20.4. The maximum absolute atomic E-state index is 13.1. The van der Waals surface area contributed by atoms with Gasteiger partial charge in [-0.3, -0.25) is 4.79 Å². The second kappa shape index (κ2) is 4.23. The number of hydrogen-bond donors (Lipinski definition) is 3. The third-order valence-electron chi connectivity index (χ3n) is 2.49. The summed E-state index contributed by atoms with van der Waals surface area (Å²) >= 11 is 0. The summed E-state index contributed by atoms with van der Waals surface area (Å²) < 4.78 is 13.1. The van der Waals surface area contributed by atoms with Crippen LogP contribution < -0.4 is 10.8 Å². The van der Waals surface area contributed by atoms with Gasteiger partial charge in [0.25, 0.3) is 0 Å². The summed E-state index contributed by atoms with van der Waals surface area (Å²) in [5.41, 5.74) is 0.134. The first-order valence-electron chi connectivity index (χ1n) is 5.04. The van der Waals surface area contributed by atoms with E-state index in [2.05, 4.69) is 5.32 Å². The van der Waals surface area contributed by atoms with Gasteiger partial charge in [0.1, 0.15) is 5.82 Å². The first-order chi connectivity index (χ1) is 7.58. The van der Waals surface area contributed by atoms with Crippen molar-refractivity contribution in [2.24, 2.45) is 5.92 Å². The van der Waals surface area contributed by atoms with Crippen molar-refractivity contribution >= 4 is 24.2 Å². The van der Waals surface area contributed by atoms with Gasteiger partial charge in [-0.05, 0) is 31.0 Å². The molecule has 0 radical (unpaired) electrons. The van der Waals surface area contributed by atoms with E-state index in [-0.39, 0.29) is 17.3 Å². The van der Waals surface area contributed by atoms with Crippen LogP contribution in [0.15, 0.2) is 18.2 Å². The molecule has 0 heterocycles. The maximum Gasteiger partial charge on any atom is 0.491 e. The van der Waals surface area contributed by atoms with E-state index in [4.69, 9.17) is 10.0 Å². The Morgan fingerprint density at radius 3 is 2.69 bits per heavy atom. The minimum absolute atomic E-state index is 0.0487. The van der Waals surface area contributed by atoms with Crippen molar-refractivity contribution in [1.82, 2.24) is 0 Å². The molecule has 1 aliphatic carbocycles. The van der Waals surface area contributed by atoms with Crippen molar-refractivity contribution in [2.75, 3.05) is 5.32 Å². The average Bonchev–Trinajstić information content (AvgIpc) is 3.03. The van der Waals surface area contributed by atoms with Crippen molar-refractivity contribution in [3.05, 3.63) is 24.0 Å². The Balaban J connectivity index is 2.15. The lowest BCUT2D eigenvalue weighted by Gasteiger charge is -2.07. The number of rotatable bonds is 3. The molecule has 0 aliphatic heterocycles. The van der Waals surface area contributed by atoms with Gasteiger partial charge >= 0.3 is 7.12 Å². The summed E-state index contributed by atoms with van der Waals surface area (Å²) in [6.07, 6.45) is 1.75. The molecule has 1 amide bonds. The van der Waals surface area contributed by atoms with Gasteiger partial charge in [0, 0.05) is 17.1 Å². The average molecular weight is 223 g/mol. The molecule has 0 saturated heterocycles. The molecule has 1 aromatic carbocycles. The molecule has 3 N–H and O–H groups in total. The molecule has 6 heteroatoms. The second-order valence-electron chi connectivity index (χ2n) is 3.87. The number of halogens is 1. The highest BCUT2D eigenvalue weighted by Gasteiger charge is 2.29. The molecule has 0 spiro atoms. The molecule has 1 fully saturated rings. The number of benzene rings is 1. The molecule has 0 aromatic heterocycles. The van der Waals surface area contributed by atoms with Crippen molar-refractivity contribution in [3.63, 3.8) is 0 Å². The van der Waals surface area contributed by atoms with E-state index in [1.54, 1.807) is 0 Å². The molecule has 1 saturated carbocycles. The van der Waals surface area contributed by atoms with Crippen LogP contribution in [0.25, 0.3) is 0 Å². The predicted octanol–water partition coefficient (Wildman–Crippen LogP) is -0.146. The summed E-state index contributed by atoms with van der Waals surface area (Å²) in [6, 6.07) is 3.71. The van der Waals surface area contributed by atoms with Crippen LogP contribution in [0.5, 0.6) is 0 Å². The molecular weight excluding hydrogens is 212 g/mol. The van der Waals surface area contributed by atoms with E-state index in [9.17, 15) is 9.18 Å². The summed E-state index contributed by atoms with van der Waals surface area (Å²) in [5.74, 6) is -0.767. The topological polar surface area (TPSA) is 69.6 Å². The molecule has 1 aliphatic rings. The third-order valence-corrected chi connectivity index (χ3v) is 2.49.